The molecule has 0 aliphatic heterocycles. The van der Waals surface area contributed by atoms with E-state index in [2.05, 4.69) is 4.74 Å². The third kappa shape index (κ3) is 4.82. The summed E-state index contributed by atoms with van der Waals surface area (Å²) >= 11 is 5.45. The molecule has 0 saturated carbocycles. The first-order valence-electron chi connectivity index (χ1n) is 6.37. The topological polar surface area (TPSA) is 72.5 Å². The van der Waals surface area contributed by atoms with Crippen LogP contribution in [0.4, 0.5) is 13.2 Å². The van der Waals surface area contributed by atoms with E-state index < -0.39 is 49.6 Å². The van der Waals surface area contributed by atoms with E-state index in [1.807, 2.05) is 4.72 Å². The molecule has 0 bridgehead atoms. The third-order valence-corrected chi connectivity index (χ3v) is 4.73. The molecule has 1 unspecified atom stereocenters. The molecule has 0 aliphatic carbocycles. The van der Waals surface area contributed by atoms with Crippen LogP contribution in [0, 0.1) is 5.92 Å². The number of ether oxygens (including phenoxy) is 1. The molecule has 0 spiro atoms. The van der Waals surface area contributed by atoms with E-state index in [0.29, 0.717) is 6.07 Å². The molecule has 1 N–H and O–H groups in total. The minimum absolute atomic E-state index is 0.416. The molecule has 0 saturated heterocycles. The molecule has 0 aromatic heterocycles. The summed E-state index contributed by atoms with van der Waals surface area (Å²) in [6, 6.07) is 0.949. The predicted molar refractivity (Wildman–Crippen MR) is 77.4 cm³/mol. The number of alkyl halides is 3. The van der Waals surface area contributed by atoms with Gasteiger partial charge in [0.2, 0.25) is 10.0 Å². The van der Waals surface area contributed by atoms with Crippen molar-refractivity contribution in [2.75, 3.05) is 7.11 Å². The second-order valence-corrected chi connectivity index (χ2v) is 7.13. The Labute approximate surface area is 136 Å². The first-order valence-corrected chi connectivity index (χ1v) is 8.23. The third-order valence-electron chi connectivity index (χ3n) is 2.96. The fourth-order valence-corrected chi connectivity index (χ4v) is 3.29. The number of rotatable bonds is 5. The van der Waals surface area contributed by atoms with Crippen molar-refractivity contribution in [2.24, 2.45) is 5.92 Å². The Morgan fingerprint density at radius 1 is 1.30 bits per heavy atom. The summed E-state index contributed by atoms with van der Waals surface area (Å²) in [4.78, 5) is 10.9. The molecule has 1 rings (SSSR count). The lowest BCUT2D eigenvalue weighted by atomic mass is 10.1. The molecule has 1 atom stereocenters. The largest absolute Gasteiger partial charge is 0.468 e. The molecule has 23 heavy (non-hydrogen) atoms. The van der Waals surface area contributed by atoms with E-state index in [9.17, 15) is 26.4 Å². The summed E-state index contributed by atoms with van der Waals surface area (Å²) in [6.45, 7) is 3.13. The highest BCUT2D eigenvalue weighted by molar-refractivity contribution is 7.89. The minimum atomic E-state index is -4.80. The SMILES string of the molecule is COC(=O)C(NS(=O)(=O)c1ccc(Cl)c(C(F)(F)F)c1)C(C)C. The van der Waals surface area contributed by atoms with E-state index in [4.69, 9.17) is 11.6 Å². The molecule has 130 valence electrons. The molecule has 1 aromatic carbocycles. The number of nitrogens with one attached hydrogen (secondary N) is 1. The van der Waals surface area contributed by atoms with Gasteiger partial charge in [-0.05, 0) is 24.1 Å². The molecule has 0 aliphatic rings. The summed E-state index contributed by atoms with van der Waals surface area (Å²) in [5, 5.41) is -0.621. The number of hydrogen-bond acceptors (Lipinski definition) is 4. The summed E-state index contributed by atoms with van der Waals surface area (Å²) in [7, 11) is -3.29. The zero-order chi connectivity index (χ0) is 18.0. The zero-order valence-corrected chi connectivity index (χ0v) is 14.0. The van der Waals surface area contributed by atoms with E-state index >= 15 is 0 Å². The van der Waals surface area contributed by atoms with Crippen LogP contribution in [-0.2, 0) is 25.7 Å². The van der Waals surface area contributed by atoms with Gasteiger partial charge >= 0.3 is 12.1 Å². The van der Waals surface area contributed by atoms with Gasteiger partial charge in [0.15, 0.2) is 0 Å². The molecule has 5 nitrogen and oxygen atoms in total. The van der Waals surface area contributed by atoms with Crippen LogP contribution < -0.4 is 4.72 Å². The van der Waals surface area contributed by atoms with Crippen LogP contribution in [0.5, 0.6) is 0 Å². The van der Waals surface area contributed by atoms with Gasteiger partial charge in [-0.25, -0.2) is 8.42 Å². The number of carbonyl (C=O) groups is 1. The smallest absolute Gasteiger partial charge is 0.417 e. The summed E-state index contributed by atoms with van der Waals surface area (Å²) in [6.07, 6.45) is -4.80. The van der Waals surface area contributed by atoms with Gasteiger partial charge in [-0.3, -0.25) is 4.79 Å². The van der Waals surface area contributed by atoms with Gasteiger partial charge in [0.25, 0.3) is 0 Å². The summed E-state index contributed by atoms with van der Waals surface area (Å²) in [5.74, 6) is -1.31. The standard InChI is InChI=1S/C13H15ClF3NO4S/c1-7(2)11(12(19)22-3)18-23(20,21)8-4-5-10(14)9(6-8)13(15,16)17/h4-7,11,18H,1-3H3. The molecule has 0 heterocycles. The molecule has 10 heteroatoms. The number of sulfonamides is 1. The van der Waals surface area contributed by atoms with Crippen LogP contribution >= 0.6 is 11.6 Å². The van der Waals surface area contributed by atoms with Gasteiger partial charge in [-0.2, -0.15) is 17.9 Å². The van der Waals surface area contributed by atoms with Crippen LogP contribution in [0.1, 0.15) is 19.4 Å². The zero-order valence-electron chi connectivity index (χ0n) is 12.4. The summed E-state index contributed by atoms with van der Waals surface area (Å²) in [5.41, 5.74) is -1.28. The lowest BCUT2D eigenvalue weighted by Crippen LogP contribution is -2.44. The van der Waals surface area contributed by atoms with Crippen molar-refractivity contribution in [3.8, 4) is 0 Å². The van der Waals surface area contributed by atoms with Crippen molar-refractivity contribution in [2.45, 2.75) is 31.0 Å². The Balaban J connectivity index is 3.26. The average Bonchev–Trinajstić information content (AvgIpc) is 2.42. The molecule has 1 aromatic rings. The van der Waals surface area contributed by atoms with Gasteiger partial charge in [0.1, 0.15) is 6.04 Å². The Morgan fingerprint density at radius 3 is 2.30 bits per heavy atom. The maximum atomic E-state index is 12.8. The van der Waals surface area contributed by atoms with Crippen molar-refractivity contribution >= 4 is 27.6 Å². The number of benzene rings is 1. The van der Waals surface area contributed by atoms with Crippen LogP contribution in [0.2, 0.25) is 5.02 Å². The van der Waals surface area contributed by atoms with Crippen molar-refractivity contribution in [3.63, 3.8) is 0 Å². The molecular weight excluding hydrogens is 359 g/mol. The first kappa shape index (κ1) is 19.7. The number of carbonyl (C=O) groups excluding carboxylic acids is 1. The fourth-order valence-electron chi connectivity index (χ4n) is 1.71. The lowest BCUT2D eigenvalue weighted by molar-refractivity contribution is -0.143. The fraction of sp³-hybridized carbons (Fsp3) is 0.462. The van der Waals surface area contributed by atoms with Gasteiger partial charge in [-0.15, -0.1) is 0 Å². The van der Waals surface area contributed by atoms with E-state index in [1.54, 1.807) is 13.8 Å². The number of esters is 1. The van der Waals surface area contributed by atoms with Gasteiger partial charge in [0, 0.05) is 0 Å². The predicted octanol–water partition coefficient (Wildman–Crippen LogP) is 2.83. The summed E-state index contributed by atoms with van der Waals surface area (Å²) < 4.78 is 69.4. The molecular formula is C13H15ClF3NO4S. The maximum absolute atomic E-state index is 12.8. The average molecular weight is 374 g/mol. The molecule has 0 fully saturated rings. The van der Waals surface area contributed by atoms with E-state index in [1.165, 1.54) is 0 Å². The van der Waals surface area contributed by atoms with Gasteiger partial charge in [0.05, 0.1) is 22.6 Å². The minimum Gasteiger partial charge on any atom is -0.468 e. The monoisotopic (exact) mass is 373 g/mol. The quantitative estimate of drug-likeness (QED) is 0.805. The second-order valence-electron chi connectivity index (χ2n) is 5.01. The highest BCUT2D eigenvalue weighted by Gasteiger charge is 2.35. The maximum Gasteiger partial charge on any atom is 0.417 e. The normalized spacial score (nSPS) is 13.9. The van der Waals surface area contributed by atoms with Crippen LogP contribution in [-0.4, -0.2) is 27.5 Å². The van der Waals surface area contributed by atoms with Crippen molar-refractivity contribution in [3.05, 3.63) is 28.8 Å². The van der Waals surface area contributed by atoms with Crippen molar-refractivity contribution < 1.29 is 31.1 Å². The van der Waals surface area contributed by atoms with Gasteiger partial charge in [-0.1, -0.05) is 25.4 Å². The van der Waals surface area contributed by atoms with Gasteiger partial charge < -0.3 is 4.74 Å². The Morgan fingerprint density at radius 2 is 1.87 bits per heavy atom. The highest BCUT2D eigenvalue weighted by Crippen LogP contribution is 2.35. The highest BCUT2D eigenvalue weighted by atomic mass is 35.5. The van der Waals surface area contributed by atoms with E-state index in [0.717, 1.165) is 19.2 Å². The number of methoxy groups -OCH3 is 1. The Bertz CT molecular complexity index is 689. The van der Waals surface area contributed by atoms with Crippen LogP contribution in [0.3, 0.4) is 0 Å². The second kappa shape index (κ2) is 7.06. The van der Waals surface area contributed by atoms with Crippen molar-refractivity contribution in [1.29, 1.82) is 0 Å². The van der Waals surface area contributed by atoms with E-state index in [-0.39, 0.29) is 0 Å². The Kier molecular flexibility index (Phi) is 6.06. The van der Waals surface area contributed by atoms with Crippen molar-refractivity contribution in [1.82, 2.24) is 4.72 Å². The lowest BCUT2D eigenvalue weighted by Gasteiger charge is -2.20. The van der Waals surface area contributed by atoms with Crippen LogP contribution in [0.15, 0.2) is 23.1 Å². The molecule has 0 radical (unpaired) electrons. The van der Waals surface area contributed by atoms with Crippen LogP contribution in [0.25, 0.3) is 0 Å². The number of halogens is 4. The molecule has 0 amide bonds. The number of hydrogen-bond donors (Lipinski definition) is 1. The first-order chi connectivity index (χ1) is 10.4. The Hall–Kier alpha value is -1.32.